The Morgan fingerprint density at radius 2 is 1.47 bits per heavy atom. The Morgan fingerprint density at radius 1 is 0.895 bits per heavy atom. The first-order valence-electron chi connectivity index (χ1n) is 5.64. The number of halogens is 3. The molecule has 1 nitrogen and oxygen atoms in total. The highest BCUT2D eigenvalue weighted by Crippen LogP contribution is 2.37. The van der Waals surface area contributed by atoms with Gasteiger partial charge in [0.15, 0.2) is 0 Å². The lowest BCUT2D eigenvalue weighted by atomic mass is 9.89. The Morgan fingerprint density at radius 3 is 2.05 bits per heavy atom. The third-order valence-electron chi connectivity index (χ3n) is 2.84. The van der Waals surface area contributed by atoms with Gasteiger partial charge in [-0.25, -0.2) is 0 Å². The van der Waals surface area contributed by atoms with Crippen molar-refractivity contribution in [3.05, 3.63) is 71.3 Å². The van der Waals surface area contributed by atoms with E-state index in [9.17, 15) is 18.4 Å². The van der Waals surface area contributed by atoms with Crippen molar-refractivity contribution in [3.8, 4) is 6.07 Å². The zero-order valence-electron chi connectivity index (χ0n) is 9.85. The van der Waals surface area contributed by atoms with Crippen molar-refractivity contribution in [1.29, 1.82) is 5.26 Å². The van der Waals surface area contributed by atoms with Crippen LogP contribution in [0.3, 0.4) is 0 Å². The molecule has 0 aliphatic heterocycles. The molecule has 4 heteroatoms. The van der Waals surface area contributed by atoms with Crippen molar-refractivity contribution in [2.24, 2.45) is 0 Å². The molecule has 96 valence electrons. The smallest absolute Gasteiger partial charge is 0.197 e. The van der Waals surface area contributed by atoms with E-state index in [2.05, 4.69) is 0 Å². The van der Waals surface area contributed by atoms with E-state index in [4.69, 9.17) is 0 Å². The Bertz CT molecular complexity index is 597. The van der Waals surface area contributed by atoms with Crippen LogP contribution in [0.25, 0.3) is 0 Å². The normalized spacial score (nSPS) is 12.7. The third kappa shape index (κ3) is 2.76. The fraction of sp³-hybridized carbons (Fsp3) is 0.133. The van der Waals surface area contributed by atoms with Gasteiger partial charge in [0, 0.05) is 0 Å². The maximum absolute atomic E-state index is 13.0. The second-order valence-corrected chi connectivity index (χ2v) is 4.06. The van der Waals surface area contributed by atoms with Crippen LogP contribution < -0.4 is 0 Å². The lowest BCUT2D eigenvalue weighted by molar-refractivity contribution is -0.138. The predicted molar refractivity (Wildman–Crippen MR) is 65.3 cm³/mol. The molecule has 2 rings (SSSR count). The van der Waals surface area contributed by atoms with Gasteiger partial charge in [-0.2, -0.15) is 18.4 Å². The molecule has 1 unspecified atom stereocenters. The first kappa shape index (κ1) is 13.2. The van der Waals surface area contributed by atoms with E-state index in [-0.39, 0.29) is 5.56 Å². The van der Waals surface area contributed by atoms with Crippen molar-refractivity contribution in [3.63, 3.8) is 0 Å². The van der Waals surface area contributed by atoms with Gasteiger partial charge in [0.2, 0.25) is 0 Å². The van der Waals surface area contributed by atoms with Gasteiger partial charge in [-0.1, -0.05) is 48.5 Å². The van der Waals surface area contributed by atoms with Gasteiger partial charge in [0.05, 0.1) is 17.6 Å². The van der Waals surface area contributed by atoms with Gasteiger partial charge in [-0.15, -0.1) is 0 Å². The Balaban J connectivity index is 2.55. The van der Waals surface area contributed by atoms with Gasteiger partial charge in [0.1, 0.15) is 0 Å². The summed E-state index contributed by atoms with van der Waals surface area (Å²) in [6.45, 7) is 0. The van der Waals surface area contributed by atoms with E-state index in [0.717, 1.165) is 6.07 Å². The summed E-state index contributed by atoms with van der Waals surface area (Å²) in [6, 6.07) is 15.6. The molecule has 0 radical (unpaired) electrons. The van der Waals surface area contributed by atoms with E-state index in [1.54, 1.807) is 30.3 Å². The second-order valence-electron chi connectivity index (χ2n) is 4.06. The molecule has 2 aromatic rings. The summed E-state index contributed by atoms with van der Waals surface area (Å²) in [6.07, 6.45) is -4.46. The molecule has 0 bridgehead atoms. The van der Waals surface area contributed by atoms with Gasteiger partial charge < -0.3 is 0 Å². The maximum Gasteiger partial charge on any atom is 0.416 e. The van der Waals surface area contributed by atoms with Gasteiger partial charge in [0.25, 0.3) is 0 Å². The highest BCUT2D eigenvalue weighted by atomic mass is 19.4. The zero-order chi connectivity index (χ0) is 13.9. The number of nitrogens with zero attached hydrogens (tertiary/aromatic N) is 1. The summed E-state index contributed by atoms with van der Waals surface area (Å²) in [4.78, 5) is 0. The fourth-order valence-electron chi connectivity index (χ4n) is 1.98. The molecule has 0 spiro atoms. The average Bonchev–Trinajstić information content (AvgIpc) is 2.40. The summed E-state index contributed by atoms with van der Waals surface area (Å²) >= 11 is 0. The van der Waals surface area contributed by atoms with Crippen LogP contribution in [0.2, 0.25) is 0 Å². The summed E-state index contributed by atoms with van der Waals surface area (Å²) in [7, 11) is 0. The van der Waals surface area contributed by atoms with Crippen LogP contribution in [0.4, 0.5) is 13.2 Å². The number of nitriles is 1. The standard InChI is InChI=1S/C15H10F3N/c16-15(17,18)14-9-5-4-8-12(14)13(10-19)11-6-2-1-3-7-11/h1-9,13H. The number of rotatable bonds is 2. The van der Waals surface area contributed by atoms with Crippen LogP contribution in [0.1, 0.15) is 22.6 Å². The summed E-state index contributed by atoms with van der Waals surface area (Å²) < 4.78 is 38.9. The summed E-state index contributed by atoms with van der Waals surface area (Å²) in [5.74, 6) is -0.918. The van der Waals surface area contributed by atoms with Crippen molar-refractivity contribution in [1.82, 2.24) is 0 Å². The van der Waals surface area contributed by atoms with Crippen LogP contribution in [-0.4, -0.2) is 0 Å². The van der Waals surface area contributed by atoms with Crippen molar-refractivity contribution >= 4 is 0 Å². The third-order valence-corrected chi connectivity index (χ3v) is 2.84. The number of hydrogen-bond donors (Lipinski definition) is 0. The maximum atomic E-state index is 13.0. The molecule has 2 aromatic carbocycles. The quantitative estimate of drug-likeness (QED) is 0.787. The lowest BCUT2D eigenvalue weighted by Crippen LogP contribution is -2.12. The minimum atomic E-state index is -4.46. The first-order valence-corrected chi connectivity index (χ1v) is 5.64. The van der Waals surface area contributed by atoms with E-state index in [1.807, 2.05) is 6.07 Å². The highest BCUT2D eigenvalue weighted by Gasteiger charge is 2.35. The number of benzene rings is 2. The predicted octanol–water partition coefficient (Wildman–Crippen LogP) is 4.36. The van der Waals surface area contributed by atoms with Gasteiger partial charge in [-0.05, 0) is 17.2 Å². The molecule has 0 aromatic heterocycles. The van der Waals surface area contributed by atoms with Crippen molar-refractivity contribution in [2.75, 3.05) is 0 Å². The van der Waals surface area contributed by atoms with E-state index >= 15 is 0 Å². The van der Waals surface area contributed by atoms with Gasteiger partial charge >= 0.3 is 6.18 Å². The highest BCUT2D eigenvalue weighted by molar-refractivity contribution is 5.43. The molecule has 0 aliphatic rings. The van der Waals surface area contributed by atoms with E-state index < -0.39 is 17.7 Å². The summed E-state index contributed by atoms with van der Waals surface area (Å²) in [5.41, 5.74) is -0.212. The molecule has 0 saturated heterocycles. The van der Waals surface area contributed by atoms with Crippen molar-refractivity contribution in [2.45, 2.75) is 12.1 Å². The molecule has 19 heavy (non-hydrogen) atoms. The molecular weight excluding hydrogens is 251 g/mol. The van der Waals surface area contributed by atoms with Crippen LogP contribution in [0, 0.1) is 11.3 Å². The van der Waals surface area contributed by atoms with E-state index in [1.165, 1.54) is 18.2 Å². The largest absolute Gasteiger partial charge is 0.416 e. The SMILES string of the molecule is N#CC(c1ccccc1)c1ccccc1C(F)(F)F. The zero-order valence-corrected chi connectivity index (χ0v) is 9.85. The Kier molecular flexibility index (Phi) is 3.57. The second kappa shape index (κ2) is 5.15. The Labute approximate surface area is 108 Å². The molecule has 0 fully saturated rings. The monoisotopic (exact) mass is 261 g/mol. The van der Waals surface area contributed by atoms with Gasteiger partial charge in [-0.3, -0.25) is 0 Å². The van der Waals surface area contributed by atoms with E-state index in [0.29, 0.717) is 5.56 Å². The molecule has 0 heterocycles. The van der Waals surface area contributed by atoms with Crippen LogP contribution in [0.5, 0.6) is 0 Å². The number of alkyl halides is 3. The minimum absolute atomic E-state index is 0.0105. The Hall–Kier alpha value is -2.28. The average molecular weight is 261 g/mol. The molecule has 1 atom stereocenters. The summed E-state index contributed by atoms with van der Waals surface area (Å²) in [5, 5.41) is 9.21. The van der Waals surface area contributed by atoms with Crippen molar-refractivity contribution < 1.29 is 13.2 Å². The topological polar surface area (TPSA) is 23.8 Å². The van der Waals surface area contributed by atoms with Crippen LogP contribution in [0.15, 0.2) is 54.6 Å². The first-order chi connectivity index (χ1) is 9.04. The molecule has 0 aliphatic carbocycles. The van der Waals surface area contributed by atoms with Crippen LogP contribution >= 0.6 is 0 Å². The lowest BCUT2D eigenvalue weighted by Gasteiger charge is -2.16. The number of hydrogen-bond acceptors (Lipinski definition) is 1. The molecular formula is C15H10F3N. The molecule has 0 saturated carbocycles. The van der Waals surface area contributed by atoms with Crippen LogP contribution in [-0.2, 0) is 6.18 Å². The molecule has 0 N–H and O–H groups in total. The fourth-order valence-corrected chi connectivity index (χ4v) is 1.98. The molecule has 0 amide bonds. The minimum Gasteiger partial charge on any atom is -0.197 e.